The third kappa shape index (κ3) is 4.29. The number of hydrogen-bond acceptors (Lipinski definition) is 3. The third-order valence-electron chi connectivity index (χ3n) is 6.02. The van der Waals surface area contributed by atoms with Crippen molar-refractivity contribution in [3.63, 3.8) is 0 Å². The van der Waals surface area contributed by atoms with Gasteiger partial charge in [0, 0.05) is 56.9 Å². The van der Waals surface area contributed by atoms with Crippen molar-refractivity contribution in [3.8, 4) is 0 Å². The predicted molar refractivity (Wildman–Crippen MR) is 115 cm³/mol. The van der Waals surface area contributed by atoms with E-state index in [1.807, 2.05) is 34.1 Å². The Balaban J connectivity index is 1.35. The van der Waals surface area contributed by atoms with Crippen LogP contribution in [0.2, 0.25) is 0 Å². The summed E-state index contributed by atoms with van der Waals surface area (Å²) in [7, 11) is 0. The lowest BCUT2D eigenvalue weighted by molar-refractivity contribution is -0.128. The lowest BCUT2D eigenvalue weighted by atomic mass is 10.1. The van der Waals surface area contributed by atoms with Crippen LogP contribution in [0.4, 0.5) is 5.69 Å². The second-order valence-electron chi connectivity index (χ2n) is 8.18. The molecular formula is C24H29N3O2. The van der Waals surface area contributed by atoms with Gasteiger partial charge in [-0.05, 0) is 55.2 Å². The summed E-state index contributed by atoms with van der Waals surface area (Å²) in [4.78, 5) is 30.9. The summed E-state index contributed by atoms with van der Waals surface area (Å²) in [5.74, 6) is 0.321. The van der Waals surface area contributed by atoms with E-state index in [1.54, 1.807) is 0 Å². The molecule has 5 nitrogen and oxygen atoms in total. The van der Waals surface area contributed by atoms with Gasteiger partial charge in [0.25, 0.3) is 5.91 Å². The standard InChI is InChI=1S/C24H29N3O2/c1-18-5-6-19(2)22(16-18)25-12-14-26(15-13-25)24(29)21-9-7-20(8-10-21)17-27-11-3-4-23(27)28/h5-10,16H,3-4,11-15,17H2,1-2H3. The molecule has 4 rings (SSSR count). The molecule has 152 valence electrons. The number of rotatable bonds is 4. The van der Waals surface area contributed by atoms with Gasteiger partial charge < -0.3 is 14.7 Å². The Morgan fingerprint density at radius 3 is 2.31 bits per heavy atom. The van der Waals surface area contributed by atoms with Crippen LogP contribution >= 0.6 is 0 Å². The van der Waals surface area contributed by atoms with Gasteiger partial charge in [-0.25, -0.2) is 0 Å². The number of aryl methyl sites for hydroxylation is 2. The molecule has 2 fully saturated rings. The van der Waals surface area contributed by atoms with Crippen LogP contribution in [0, 0.1) is 13.8 Å². The summed E-state index contributed by atoms with van der Waals surface area (Å²) in [6, 6.07) is 14.3. The van der Waals surface area contributed by atoms with Gasteiger partial charge in [-0.2, -0.15) is 0 Å². The Labute approximate surface area is 172 Å². The zero-order valence-corrected chi connectivity index (χ0v) is 17.4. The van der Waals surface area contributed by atoms with Crippen LogP contribution in [-0.4, -0.2) is 54.3 Å². The summed E-state index contributed by atoms with van der Waals surface area (Å²) < 4.78 is 0. The Bertz CT molecular complexity index is 899. The molecule has 0 radical (unpaired) electrons. The Kier molecular flexibility index (Phi) is 5.56. The van der Waals surface area contributed by atoms with Crippen molar-refractivity contribution in [1.82, 2.24) is 9.80 Å². The average Bonchev–Trinajstić information content (AvgIpc) is 3.14. The SMILES string of the molecule is Cc1ccc(C)c(N2CCN(C(=O)c3ccc(CN4CCCC4=O)cc3)CC2)c1. The lowest BCUT2D eigenvalue weighted by Gasteiger charge is -2.37. The molecule has 2 aliphatic heterocycles. The highest BCUT2D eigenvalue weighted by atomic mass is 16.2. The maximum Gasteiger partial charge on any atom is 0.253 e. The van der Waals surface area contributed by atoms with Gasteiger partial charge in [0.05, 0.1) is 0 Å². The second-order valence-corrected chi connectivity index (χ2v) is 8.18. The van der Waals surface area contributed by atoms with Crippen molar-refractivity contribution in [3.05, 3.63) is 64.7 Å². The molecule has 2 heterocycles. The highest BCUT2D eigenvalue weighted by Crippen LogP contribution is 2.23. The van der Waals surface area contributed by atoms with Crippen LogP contribution in [0.3, 0.4) is 0 Å². The van der Waals surface area contributed by atoms with Crippen LogP contribution in [-0.2, 0) is 11.3 Å². The van der Waals surface area contributed by atoms with Crippen LogP contribution < -0.4 is 4.90 Å². The maximum absolute atomic E-state index is 12.9. The molecule has 2 aliphatic rings. The van der Waals surface area contributed by atoms with Crippen molar-refractivity contribution < 1.29 is 9.59 Å². The molecule has 0 unspecified atom stereocenters. The highest BCUT2D eigenvalue weighted by molar-refractivity contribution is 5.94. The van der Waals surface area contributed by atoms with Crippen LogP contribution in [0.1, 0.15) is 39.9 Å². The molecule has 0 atom stereocenters. The van der Waals surface area contributed by atoms with Gasteiger partial charge in [-0.3, -0.25) is 9.59 Å². The summed E-state index contributed by atoms with van der Waals surface area (Å²) in [5, 5.41) is 0. The Hall–Kier alpha value is -2.82. The molecule has 0 aromatic heterocycles. The van der Waals surface area contributed by atoms with Gasteiger partial charge in [-0.1, -0.05) is 24.3 Å². The number of amides is 2. The van der Waals surface area contributed by atoms with E-state index in [0.717, 1.165) is 50.3 Å². The fourth-order valence-electron chi connectivity index (χ4n) is 4.24. The molecule has 29 heavy (non-hydrogen) atoms. The average molecular weight is 392 g/mol. The van der Waals surface area contributed by atoms with E-state index in [9.17, 15) is 9.59 Å². The summed E-state index contributed by atoms with van der Waals surface area (Å²) in [6.45, 7) is 8.91. The minimum Gasteiger partial charge on any atom is -0.368 e. The molecule has 0 bridgehead atoms. The van der Waals surface area contributed by atoms with Crippen LogP contribution in [0.15, 0.2) is 42.5 Å². The molecule has 2 aromatic carbocycles. The van der Waals surface area contributed by atoms with E-state index in [4.69, 9.17) is 0 Å². The van der Waals surface area contributed by atoms with Crippen LogP contribution in [0.25, 0.3) is 0 Å². The first-order valence-corrected chi connectivity index (χ1v) is 10.5. The predicted octanol–water partition coefficient (Wildman–Crippen LogP) is 3.39. The summed E-state index contributed by atoms with van der Waals surface area (Å²) >= 11 is 0. The maximum atomic E-state index is 12.9. The van der Waals surface area contributed by atoms with Gasteiger partial charge in [-0.15, -0.1) is 0 Å². The van der Waals surface area contributed by atoms with Gasteiger partial charge in [0.15, 0.2) is 0 Å². The van der Waals surface area contributed by atoms with E-state index >= 15 is 0 Å². The molecule has 2 aromatic rings. The molecule has 0 saturated carbocycles. The normalized spacial score (nSPS) is 17.2. The largest absolute Gasteiger partial charge is 0.368 e. The number of piperazine rings is 1. The molecule has 5 heteroatoms. The molecular weight excluding hydrogens is 362 g/mol. The minimum atomic E-state index is 0.0920. The van der Waals surface area contributed by atoms with E-state index in [2.05, 4.69) is 36.9 Å². The second kappa shape index (κ2) is 8.27. The number of anilines is 1. The number of carbonyl (C=O) groups excluding carboxylic acids is 2. The van der Waals surface area contributed by atoms with Crippen molar-refractivity contribution in [2.24, 2.45) is 0 Å². The number of benzene rings is 2. The zero-order chi connectivity index (χ0) is 20.4. The van der Waals surface area contributed by atoms with Crippen LogP contribution in [0.5, 0.6) is 0 Å². The lowest BCUT2D eigenvalue weighted by Crippen LogP contribution is -2.49. The molecule has 0 spiro atoms. The van der Waals surface area contributed by atoms with Gasteiger partial charge >= 0.3 is 0 Å². The topological polar surface area (TPSA) is 43.9 Å². The van der Waals surface area contributed by atoms with Crippen molar-refractivity contribution in [1.29, 1.82) is 0 Å². The first-order chi connectivity index (χ1) is 14.0. The van der Waals surface area contributed by atoms with E-state index < -0.39 is 0 Å². The number of likely N-dealkylation sites (tertiary alicyclic amines) is 1. The molecule has 0 aliphatic carbocycles. The van der Waals surface area contributed by atoms with Crippen molar-refractivity contribution in [2.45, 2.75) is 33.2 Å². The van der Waals surface area contributed by atoms with E-state index in [1.165, 1.54) is 16.8 Å². The number of hydrogen-bond donors (Lipinski definition) is 0. The first kappa shape index (κ1) is 19.5. The Morgan fingerprint density at radius 2 is 1.66 bits per heavy atom. The summed E-state index contributed by atoms with van der Waals surface area (Å²) in [5.41, 5.74) is 5.62. The minimum absolute atomic E-state index is 0.0920. The quantitative estimate of drug-likeness (QED) is 0.803. The van der Waals surface area contributed by atoms with Gasteiger partial charge in [0.1, 0.15) is 0 Å². The number of carbonyl (C=O) groups is 2. The fraction of sp³-hybridized carbons (Fsp3) is 0.417. The molecule has 0 N–H and O–H groups in total. The smallest absolute Gasteiger partial charge is 0.253 e. The molecule has 2 amide bonds. The fourth-order valence-corrected chi connectivity index (χ4v) is 4.24. The Morgan fingerprint density at radius 1 is 0.931 bits per heavy atom. The van der Waals surface area contributed by atoms with Crippen molar-refractivity contribution >= 4 is 17.5 Å². The van der Waals surface area contributed by atoms with Gasteiger partial charge in [0.2, 0.25) is 5.91 Å². The molecule has 2 saturated heterocycles. The first-order valence-electron chi connectivity index (χ1n) is 10.5. The highest BCUT2D eigenvalue weighted by Gasteiger charge is 2.24. The van der Waals surface area contributed by atoms with E-state index in [-0.39, 0.29) is 11.8 Å². The monoisotopic (exact) mass is 391 g/mol. The third-order valence-corrected chi connectivity index (χ3v) is 6.02. The van der Waals surface area contributed by atoms with E-state index in [0.29, 0.717) is 13.0 Å². The number of nitrogens with zero attached hydrogens (tertiary/aromatic N) is 3. The summed E-state index contributed by atoms with van der Waals surface area (Å²) in [6.07, 6.45) is 1.61. The zero-order valence-electron chi connectivity index (χ0n) is 17.4. The van der Waals surface area contributed by atoms with Crippen molar-refractivity contribution in [2.75, 3.05) is 37.6 Å².